The van der Waals surface area contributed by atoms with Gasteiger partial charge in [0.05, 0.1) is 0 Å². The topological polar surface area (TPSA) is 0 Å². The molecule has 1 aromatic rings. The number of halogens is 2. The fourth-order valence-corrected chi connectivity index (χ4v) is 6.82. The minimum atomic E-state index is -0.422. The van der Waals surface area contributed by atoms with Crippen molar-refractivity contribution in [3.63, 3.8) is 0 Å². The van der Waals surface area contributed by atoms with Gasteiger partial charge in [-0.1, -0.05) is 32.6 Å². The molecule has 0 amide bonds. The Balaban J connectivity index is 1.31. The second-order valence-corrected chi connectivity index (χ2v) is 9.88. The van der Waals surface area contributed by atoms with Gasteiger partial charge >= 0.3 is 0 Å². The van der Waals surface area contributed by atoms with E-state index in [9.17, 15) is 8.78 Å². The molecule has 150 valence electrons. The van der Waals surface area contributed by atoms with Gasteiger partial charge in [0.25, 0.3) is 0 Å². The minimum Gasteiger partial charge on any atom is -0.207 e. The van der Waals surface area contributed by atoms with Gasteiger partial charge in [-0.2, -0.15) is 0 Å². The lowest BCUT2D eigenvalue weighted by atomic mass is 9.60. The van der Waals surface area contributed by atoms with Crippen LogP contribution in [-0.2, 0) is 0 Å². The summed E-state index contributed by atoms with van der Waals surface area (Å²) in [6.07, 6.45) is 16.3. The zero-order chi connectivity index (χ0) is 18.8. The predicted molar refractivity (Wildman–Crippen MR) is 108 cm³/mol. The number of hydrogen-bond acceptors (Lipinski definition) is 0. The summed E-state index contributed by atoms with van der Waals surface area (Å²) in [4.78, 5) is 0. The molecule has 0 unspecified atom stereocenters. The van der Waals surface area contributed by atoms with E-state index < -0.39 is 11.6 Å². The summed E-state index contributed by atoms with van der Waals surface area (Å²) in [7, 11) is 0. The van der Waals surface area contributed by atoms with Crippen LogP contribution in [0.4, 0.5) is 8.78 Å². The van der Waals surface area contributed by atoms with Gasteiger partial charge in [0, 0.05) is 6.07 Å². The molecule has 3 saturated carbocycles. The van der Waals surface area contributed by atoms with Crippen LogP contribution in [0.1, 0.15) is 95.5 Å². The number of rotatable bonds is 4. The highest BCUT2D eigenvalue weighted by molar-refractivity contribution is 5.22. The van der Waals surface area contributed by atoms with Gasteiger partial charge in [-0.25, -0.2) is 8.78 Å². The molecular formula is C25H36F2. The molecule has 2 heteroatoms. The largest absolute Gasteiger partial charge is 0.207 e. The highest BCUT2D eigenvalue weighted by atomic mass is 19.1. The Morgan fingerprint density at radius 3 is 1.93 bits per heavy atom. The monoisotopic (exact) mass is 374 g/mol. The van der Waals surface area contributed by atoms with Crippen LogP contribution in [0.15, 0.2) is 18.2 Å². The van der Waals surface area contributed by atoms with Crippen LogP contribution < -0.4 is 0 Å². The van der Waals surface area contributed by atoms with E-state index in [0.717, 1.165) is 54.1 Å². The van der Waals surface area contributed by atoms with Crippen molar-refractivity contribution in [1.29, 1.82) is 0 Å². The van der Waals surface area contributed by atoms with Gasteiger partial charge < -0.3 is 0 Å². The Labute approximate surface area is 164 Å². The number of benzene rings is 1. The molecule has 0 radical (unpaired) electrons. The highest BCUT2D eigenvalue weighted by Gasteiger charge is 2.39. The third-order valence-electron chi connectivity index (χ3n) is 8.26. The lowest BCUT2D eigenvalue weighted by molar-refractivity contribution is 0.0711. The maximum absolute atomic E-state index is 13.6. The molecule has 0 bridgehead atoms. The highest BCUT2D eigenvalue weighted by Crippen LogP contribution is 2.51. The Bertz CT molecular complexity index is 596. The number of hydrogen-bond donors (Lipinski definition) is 0. The van der Waals surface area contributed by atoms with Crippen LogP contribution in [0.5, 0.6) is 0 Å². The van der Waals surface area contributed by atoms with Gasteiger partial charge in [0.15, 0.2) is 0 Å². The first kappa shape index (κ1) is 19.4. The molecule has 3 aliphatic rings. The van der Waals surface area contributed by atoms with Gasteiger partial charge in [-0.15, -0.1) is 0 Å². The summed E-state index contributed by atoms with van der Waals surface area (Å²) in [5, 5.41) is 0. The quantitative estimate of drug-likeness (QED) is 0.503. The average Bonchev–Trinajstić information content (AvgIpc) is 2.67. The third kappa shape index (κ3) is 4.57. The second kappa shape index (κ2) is 8.62. The normalized spacial score (nSPS) is 37.0. The molecule has 0 nitrogen and oxygen atoms in total. The van der Waals surface area contributed by atoms with Gasteiger partial charge in [0.2, 0.25) is 0 Å². The summed E-state index contributed by atoms with van der Waals surface area (Å²) in [6, 6.07) is 4.12. The molecule has 4 atom stereocenters. The summed E-state index contributed by atoms with van der Waals surface area (Å²) >= 11 is 0. The van der Waals surface area contributed by atoms with Crippen molar-refractivity contribution in [2.75, 3.05) is 0 Å². The van der Waals surface area contributed by atoms with Crippen molar-refractivity contribution in [1.82, 2.24) is 0 Å². The molecule has 0 spiro atoms. The maximum Gasteiger partial charge on any atom is 0.126 e. The molecule has 0 aliphatic heterocycles. The van der Waals surface area contributed by atoms with Crippen LogP contribution in [-0.4, -0.2) is 0 Å². The van der Waals surface area contributed by atoms with Crippen molar-refractivity contribution >= 4 is 0 Å². The zero-order valence-corrected chi connectivity index (χ0v) is 16.9. The van der Waals surface area contributed by atoms with Gasteiger partial charge in [-0.05, 0) is 105 Å². The molecule has 0 heterocycles. The second-order valence-electron chi connectivity index (χ2n) is 9.88. The summed E-state index contributed by atoms with van der Waals surface area (Å²) < 4.78 is 27.2. The zero-order valence-electron chi connectivity index (χ0n) is 16.9. The van der Waals surface area contributed by atoms with E-state index in [1.807, 2.05) is 0 Å². The van der Waals surface area contributed by atoms with E-state index in [-0.39, 0.29) is 0 Å². The SMILES string of the molecule is CCC[C@H]1CC[C@H]([C@@H]2CC[C@@H]3C[C@H](c4cc(F)cc(F)c4)CC[C@@H]3C2)CC1. The predicted octanol–water partition coefficient (Wildman–Crippen LogP) is 7.87. The van der Waals surface area contributed by atoms with E-state index in [1.165, 1.54) is 64.2 Å². The first-order valence-corrected chi connectivity index (χ1v) is 11.6. The van der Waals surface area contributed by atoms with E-state index in [0.29, 0.717) is 5.92 Å². The standard InChI is InChI=1S/C25H36F2/c1-2-3-17-4-6-18(7-5-17)19-8-9-21-13-22(11-10-20(21)12-19)23-14-24(26)16-25(27)15-23/h14-22H,2-13H2,1H3/t17-,18-,19-,20-,21-,22-/m1/s1. The summed E-state index contributed by atoms with van der Waals surface area (Å²) in [5.74, 6) is 4.10. The fraction of sp³-hybridized carbons (Fsp3) is 0.760. The summed E-state index contributed by atoms with van der Waals surface area (Å²) in [5.41, 5.74) is 0.891. The average molecular weight is 375 g/mol. The van der Waals surface area contributed by atoms with Crippen molar-refractivity contribution in [2.45, 2.75) is 89.9 Å². The molecule has 27 heavy (non-hydrogen) atoms. The smallest absolute Gasteiger partial charge is 0.126 e. The first-order chi connectivity index (χ1) is 13.1. The molecule has 0 aromatic heterocycles. The molecule has 3 aliphatic carbocycles. The Morgan fingerprint density at radius 1 is 0.704 bits per heavy atom. The lowest BCUT2D eigenvalue weighted by Gasteiger charge is -2.45. The Hall–Kier alpha value is -0.920. The van der Waals surface area contributed by atoms with Crippen LogP contribution >= 0.6 is 0 Å². The molecule has 1 aromatic carbocycles. The molecule has 3 fully saturated rings. The Kier molecular flexibility index (Phi) is 6.19. The fourth-order valence-electron chi connectivity index (χ4n) is 6.82. The minimum absolute atomic E-state index is 0.359. The van der Waals surface area contributed by atoms with Crippen LogP contribution in [0.2, 0.25) is 0 Å². The van der Waals surface area contributed by atoms with Gasteiger partial charge in [0.1, 0.15) is 11.6 Å². The van der Waals surface area contributed by atoms with Gasteiger partial charge in [-0.3, -0.25) is 0 Å². The van der Waals surface area contributed by atoms with Crippen molar-refractivity contribution < 1.29 is 8.78 Å². The van der Waals surface area contributed by atoms with Crippen molar-refractivity contribution in [3.05, 3.63) is 35.4 Å². The van der Waals surface area contributed by atoms with E-state index in [1.54, 1.807) is 12.1 Å². The third-order valence-corrected chi connectivity index (χ3v) is 8.26. The molecular weight excluding hydrogens is 338 g/mol. The lowest BCUT2D eigenvalue weighted by Crippen LogP contribution is -2.34. The van der Waals surface area contributed by atoms with E-state index >= 15 is 0 Å². The molecule has 4 rings (SSSR count). The number of fused-ring (bicyclic) bond motifs is 1. The van der Waals surface area contributed by atoms with Crippen molar-refractivity contribution in [3.8, 4) is 0 Å². The summed E-state index contributed by atoms with van der Waals surface area (Å²) in [6.45, 7) is 2.32. The maximum atomic E-state index is 13.6. The van der Waals surface area contributed by atoms with Crippen LogP contribution in [0, 0.1) is 41.2 Å². The first-order valence-electron chi connectivity index (χ1n) is 11.6. The van der Waals surface area contributed by atoms with Crippen molar-refractivity contribution in [2.24, 2.45) is 29.6 Å². The van der Waals surface area contributed by atoms with E-state index in [2.05, 4.69) is 6.92 Å². The van der Waals surface area contributed by atoms with Crippen LogP contribution in [0.25, 0.3) is 0 Å². The van der Waals surface area contributed by atoms with Crippen LogP contribution in [0.3, 0.4) is 0 Å². The van der Waals surface area contributed by atoms with E-state index in [4.69, 9.17) is 0 Å². The Morgan fingerprint density at radius 2 is 1.26 bits per heavy atom. The molecule has 0 saturated heterocycles. The molecule has 0 N–H and O–H groups in total.